The Labute approximate surface area is 108 Å². The van der Waals surface area contributed by atoms with E-state index in [2.05, 4.69) is 15.3 Å². The molecule has 5 heteroatoms. The average molecular weight is 257 g/mol. The minimum absolute atomic E-state index is 0.774. The lowest BCUT2D eigenvalue weighted by Crippen LogP contribution is -2.24. The van der Waals surface area contributed by atoms with Gasteiger partial charge in [-0.1, -0.05) is 11.6 Å². The highest BCUT2D eigenvalue weighted by molar-refractivity contribution is 6.30. The molecule has 1 aliphatic heterocycles. The Bertz CT molecular complexity index is 388. The third kappa shape index (κ3) is 2.81. The molecule has 1 aliphatic rings. The molecule has 2 heterocycles. The molecule has 96 valence electrons. The molecule has 1 saturated heterocycles. The zero-order chi connectivity index (χ0) is 12.4. The van der Waals surface area contributed by atoms with Crippen molar-refractivity contribution < 1.29 is 0 Å². The number of rotatable bonds is 4. The molecule has 0 aromatic carbocycles. The van der Waals surface area contributed by atoms with Gasteiger partial charge in [0.2, 0.25) is 0 Å². The van der Waals surface area contributed by atoms with Gasteiger partial charge in [-0.05, 0) is 39.4 Å². The minimum Gasteiger partial charge on any atom is -0.319 e. The molecule has 1 atom stereocenters. The molecule has 1 fully saturated rings. The Morgan fingerprint density at radius 2 is 2.29 bits per heavy atom. The maximum atomic E-state index is 6.25. The fourth-order valence-electron chi connectivity index (χ4n) is 2.59. The fraction of sp³-hybridized carbons (Fsp3) is 0.750. The maximum Gasteiger partial charge on any atom is 0.131 e. The number of aromatic nitrogens is 2. The van der Waals surface area contributed by atoms with Gasteiger partial charge in [-0.15, -0.1) is 0 Å². The van der Waals surface area contributed by atoms with Gasteiger partial charge in [0.1, 0.15) is 5.15 Å². The molecule has 17 heavy (non-hydrogen) atoms. The molecular weight excluding hydrogens is 236 g/mol. The standard InChI is InChI=1S/C12H21ClN4/c1-9-11(12(13)16(3)15-9)8-17-5-4-10(7-17)6-14-2/h10,14H,4-8H2,1-3H3. The topological polar surface area (TPSA) is 33.1 Å². The number of hydrogen-bond donors (Lipinski definition) is 1. The highest BCUT2D eigenvalue weighted by Gasteiger charge is 2.23. The Kier molecular flexibility index (Phi) is 4.07. The van der Waals surface area contributed by atoms with Crippen LogP contribution in [0.5, 0.6) is 0 Å². The van der Waals surface area contributed by atoms with Crippen LogP contribution >= 0.6 is 11.6 Å². The van der Waals surface area contributed by atoms with Gasteiger partial charge in [0.05, 0.1) is 5.69 Å². The zero-order valence-corrected chi connectivity index (χ0v) is 11.6. The molecule has 4 nitrogen and oxygen atoms in total. The molecule has 0 aliphatic carbocycles. The SMILES string of the molecule is CNCC1CCN(Cc2c(C)nn(C)c2Cl)C1. The van der Waals surface area contributed by atoms with E-state index in [1.165, 1.54) is 12.0 Å². The quantitative estimate of drug-likeness (QED) is 0.885. The third-order valence-electron chi connectivity index (χ3n) is 3.51. The van der Waals surface area contributed by atoms with E-state index in [0.717, 1.165) is 42.9 Å². The van der Waals surface area contributed by atoms with Crippen LogP contribution in [-0.2, 0) is 13.6 Å². The summed E-state index contributed by atoms with van der Waals surface area (Å²) in [6, 6.07) is 0. The van der Waals surface area contributed by atoms with E-state index in [0.29, 0.717) is 0 Å². The van der Waals surface area contributed by atoms with Gasteiger partial charge in [0.25, 0.3) is 0 Å². The second-order valence-electron chi connectivity index (χ2n) is 4.93. The Hall–Kier alpha value is -0.580. The molecule has 0 bridgehead atoms. The van der Waals surface area contributed by atoms with Crippen LogP contribution < -0.4 is 5.32 Å². The normalized spacial score (nSPS) is 21.3. The monoisotopic (exact) mass is 256 g/mol. The number of likely N-dealkylation sites (tertiary alicyclic amines) is 1. The molecule has 1 N–H and O–H groups in total. The molecule has 0 saturated carbocycles. The van der Waals surface area contributed by atoms with Crippen molar-refractivity contribution in [3.8, 4) is 0 Å². The first-order valence-corrected chi connectivity index (χ1v) is 6.54. The van der Waals surface area contributed by atoms with E-state index >= 15 is 0 Å². The van der Waals surface area contributed by atoms with Gasteiger partial charge in [0.15, 0.2) is 0 Å². The molecular formula is C12H21ClN4. The first-order chi connectivity index (χ1) is 8.11. The second-order valence-corrected chi connectivity index (χ2v) is 5.28. The largest absolute Gasteiger partial charge is 0.319 e. The Morgan fingerprint density at radius 1 is 1.53 bits per heavy atom. The van der Waals surface area contributed by atoms with Crippen molar-refractivity contribution in [2.75, 3.05) is 26.7 Å². The molecule has 0 amide bonds. The average Bonchev–Trinajstić information content (AvgIpc) is 2.81. The van der Waals surface area contributed by atoms with Gasteiger partial charge in [-0.2, -0.15) is 5.10 Å². The van der Waals surface area contributed by atoms with Gasteiger partial charge in [-0.25, -0.2) is 0 Å². The first kappa shape index (κ1) is 12.9. The Morgan fingerprint density at radius 3 is 2.88 bits per heavy atom. The third-order valence-corrected chi connectivity index (χ3v) is 3.99. The van der Waals surface area contributed by atoms with Gasteiger partial charge >= 0.3 is 0 Å². The summed E-state index contributed by atoms with van der Waals surface area (Å²) in [6.45, 7) is 6.39. The van der Waals surface area contributed by atoms with Crippen molar-refractivity contribution in [2.24, 2.45) is 13.0 Å². The Balaban J connectivity index is 1.98. The number of nitrogens with zero attached hydrogens (tertiary/aromatic N) is 3. The van der Waals surface area contributed by atoms with Crippen LogP contribution in [0.2, 0.25) is 5.15 Å². The molecule has 1 aromatic heterocycles. The number of nitrogens with one attached hydrogen (secondary N) is 1. The van der Waals surface area contributed by atoms with Crippen molar-refractivity contribution in [3.05, 3.63) is 16.4 Å². The lowest BCUT2D eigenvalue weighted by molar-refractivity contribution is 0.315. The van der Waals surface area contributed by atoms with Gasteiger partial charge in [-0.3, -0.25) is 9.58 Å². The maximum absolute atomic E-state index is 6.25. The lowest BCUT2D eigenvalue weighted by atomic mass is 10.1. The smallest absolute Gasteiger partial charge is 0.131 e. The van der Waals surface area contributed by atoms with Crippen LogP contribution in [0.4, 0.5) is 0 Å². The van der Waals surface area contributed by atoms with Crippen LogP contribution in [0.3, 0.4) is 0 Å². The van der Waals surface area contributed by atoms with E-state index in [1.807, 2.05) is 21.0 Å². The van der Waals surface area contributed by atoms with Crippen LogP contribution in [-0.4, -0.2) is 41.4 Å². The van der Waals surface area contributed by atoms with E-state index in [9.17, 15) is 0 Å². The van der Waals surface area contributed by atoms with E-state index in [-0.39, 0.29) is 0 Å². The van der Waals surface area contributed by atoms with Crippen molar-refractivity contribution in [2.45, 2.75) is 19.9 Å². The van der Waals surface area contributed by atoms with Crippen molar-refractivity contribution in [3.63, 3.8) is 0 Å². The summed E-state index contributed by atoms with van der Waals surface area (Å²) in [5.74, 6) is 0.774. The second kappa shape index (κ2) is 5.38. The molecule has 0 radical (unpaired) electrons. The first-order valence-electron chi connectivity index (χ1n) is 6.16. The molecule has 0 spiro atoms. The summed E-state index contributed by atoms with van der Waals surface area (Å²) in [5.41, 5.74) is 2.23. The summed E-state index contributed by atoms with van der Waals surface area (Å²) in [7, 11) is 3.91. The number of halogens is 1. The fourth-order valence-corrected chi connectivity index (χ4v) is 2.82. The summed E-state index contributed by atoms with van der Waals surface area (Å²) in [5, 5.41) is 8.38. The summed E-state index contributed by atoms with van der Waals surface area (Å²) in [6.07, 6.45) is 1.28. The molecule has 2 rings (SSSR count). The molecule has 1 aromatic rings. The highest BCUT2D eigenvalue weighted by atomic mass is 35.5. The lowest BCUT2D eigenvalue weighted by Gasteiger charge is -2.15. The number of aryl methyl sites for hydroxylation is 2. The van der Waals surface area contributed by atoms with Crippen molar-refractivity contribution in [1.82, 2.24) is 20.0 Å². The predicted molar refractivity (Wildman–Crippen MR) is 70.3 cm³/mol. The molecule has 1 unspecified atom stereocenters. The van der Waals surface area contributed by atoms with Crippen LogP contribution in [0.15, 0.2) is 0 Å². The summed E-state index contributed by atoms with van der Waals surface area (Å²) in [4.78, 5) is 2.47. The van der Waals surface area contributed by atoms with Crippen LogP contribution in [0.25, 0.3) is 0 Å². The van der Waals surface area contributed by atoms with E-state index < -0.39 is 0 Å². The van der Waals surface area contributed by atoms with Crippen molar-refractivity contribution >= 4 is 11.6 Å². The van der Waals surface area contributed by atoms with E-state index in [1.54, 1.807) is 4.68 Å². The van der Waals surface area contributed by atoms with Crippen molar-refractivity contribution in [1.29, 1.82) is 0 Å². The van der Waals surface area contributed by atoms with Gasteiger partial charge < -0.3 is 5.32 Å². The highest BCUT2D eigenvalue weighted by Crippen LogP contribution is 2.24. The minimum atomic E-state index is 0.774. The van der Waals surface area contributed by atoms with Gasteiger partial charge in [0, 0.05) is 25.7 Å². The zero-order valence-electron chi connectivity index (χ0n) is 10.8. The summed E-state index contributed by atoms with van der Waals surface area (Å²) >= 11 is 6.25. The van der Waals surface area contributed by atoms with Crippen LogP contribution in [0, 0.1) is 12.8 Å². The van der Waals surface area contributed by atoms with Crippen LogP contribution in [0.1, 0.15) is 17.7 Å². The van der Waals surface area contributed by atoms with E-state index in [4.69, 9.17) is 11.6 Å². The number of hydrogen-bond acceptors (Lipinski definition) is 3. The summed E-state index contributed by atoms with van der Waals surface area (Å²) < 4.78 is 1.76. The predicted octanol–water partition coefficient (Wildman–Crippen LogP) is 1.42.